The number of hydrogen-bond donors (Lipinski definition) is 0. The molecule has 0 aliphatic carbocycles. The van der Waals surface area contributed by atoms with Crippen LogP contribution in [-0.4, -0.2) is 41.3 Å². The minimum atomic E-state index is -0.0491. The predicted molar refractivity (Wildman–Crippen MR) is 101 cm³/mol. The van der Waals surface area contributed by atoms with Crippen molar-refractivity contribution in [2.24, 2.45) is 5.92 Å². The number of likely N-dealkylation sites (tertiary alicyclic amines) is 1. The minimum Gasteiger partial charge on any atom is -0.484 e. The van der Waals surface area contributed by atoms with Crippen LogP contribution < -0.4 is 4.74 Å². The number of carbonyl (C=O) groups excluding carboxylic acids is 2. The van der Waals surface area contributed by atoms with Crippen molar-refractivity contribution < 1.29 is 18.7 Å². The molecular weight excluding hydrogens is 368 g/mol. The average Bonchev–Trinajstić information content (AvgIpc) is 3.23. The van der Waals surface area contributed by atoms with E-state index in [1.165, 1.54) is 12.5 Å². The van der Waals surface area contributed by atoms with Gasteiger partial charge < -0.3 is 14.1 Å². The van der Waals surface area contributed by atoms with E-state index in [4.69, 9.17) is 20.8 Å². The standard InChI is InChI=1S/C20H23ClN2O4/c21-16-4-6-17(7-5-16)27-14-19(25)23-11-8-15(9-12-23)2-1-3-18(24)20-22-10-13-26-20/h4-7,10,13,15H,1-3,8-9,11-12,14H2. The second-order valence-corrected chi connectivity index (χ2v) is 7.16. The lowest BCUT2D eigenvalue weighted by atomic mass is 9.91. The second kappa shape index (κ2) is 9.55. The lowest BCUT2D eigenvalue weighted by Crippen LogP contribution is -2.41. The van der Waals surface area contributed by atoms with E-state index in [1.54, 1.807) is 24.3 Å². The molecule has 3 rings (SSSR count). The maximum atomic E-state index is 12.3. The summed E-state index contributed by atoms with van der Waals surface area (Å²) in [6.45, 7) is 1.51. The molecule has 27 heavy (non-hydrogen) atoms. The van der Waals surface area contributed by atoms with Crippen LogP contribution in [0.5, 0.6) is 5.75 Å². The Morgan fingerprint density at radius 3 is 2.63 bits per heavy atom. The summed E-state index contributed by atoms with van der Waals surface area (Å²) < 4.78 is 10.5. The number of oxazole rings is 1. The van der Waals surface area contributed by atoms with Crippen molar-refractivity contribution >= 4 is 23.3 Å². The molecule has 0 unspecified atom stereocenters. The third-order valence-corrected chi connectivity index (χ3v) is 5.08. The molecule has 0 N–H and O–H groups in total. The van der Waals surface area contributed by atoms with Gasteiger partial charge in [0.05, 0.1) is 6.20 Å². The van der Waals surface area contributed by atoms with Gasteiger partial charge in [0.25, 0.3) is 11.8 Å². The van der Waals surface area contributed by atoms with Gasteiger partial charge in [-0.3, -0.25) is 9.59 Å². The Labute approximate surface area is 163 Å². The largest absolute Gasteiger partial charge is 0.484 e. The number of halogens is 1. The fraction of sp³-hybridized carbons (Fsp3) is 0.450. The first kappa shape index (κ1) is 19.4. The number of Topliss-reactive ketones (excluding diaryl/α,β-unsaturated/α-hetero) is 1. The number of rotatable bonds is 8. The van der Waals surface area contributed by atoms with Crippen LogP contribution in [0.15, 0.2) is 41.1 Å². The van der Waals surface area contributed by atoms with Crippen LogP contribution in [0.1, 0.15) is 42.8 Å². The maximum Gasteiger partial charge on any atom is 0.263 e. The zero-order chi connectivity index (χ0) is 19.1. The van der Waals surface area contributed by atoms with E-state index < -0.39 is 0 Å². The summed E-state index contributed by atoms with van der Waals surface area (Å²) in [6.07, 6.45) is 7.07. The first-order chi connectivity index (χ1) is 13.1. The Balaban J connectivity index is 1.32. The van der Waals surface area contributed by atoms with Crippen LogP contribution in [0.2, 0.25) is 5.02 Å². The highest BCUT2D eigenvalue weighted by atomic mass is 35.5. The smallest absolute Gasteiger partial charge is 0.263 e. The number of ketones is 1. The van der Waals surface area contributed by atoms with Crippen molar-refractivity contribution in [1.82, 2.24) is 9.88 Å². The fourth-order valence-electron chi connectivity index (χ4n) is 3.26. The number of benzene rings is 1. The molecule has 1 aliphatic heterocycles. The maximum absolute atomic E-state index is 12.3. The monoisotopic (exact) mass is 390 g/mol. The number of piperidine rings is 1. The van der Waals surface area contributed by atoms with Gasteiger partial charge in [-0.2, -0.15) is 0 Å². The number of nitrogens with zero attached hydrogens (tertiary/aromatic N) is 2. The van der Waals surface area contributed by atoms with Crippen LogP contribution in [0, 0.1) is 5.92 Å². The Morgan fingerprint density at radius 2 is 1.96 bits per heavy atom. The van der Waals surface area contributed by atoms with E-state index in [-0.39, 0.29) is 24.2 Å². The van der Waals surface area contributed by atoms with E-state index in [0.717, 1.165) is 38.8 Å². The molecule has 144 valence electrons. The van der Waals surface area contributed by atoms with Gasteiger partial charge in [0.2, 0.25) is 5.78 Å². The molecule has 0 bridgehead atoms. The van der Waals surface area contributed by atoms with Gasteiger partial charge in [-0.05, 0) is 55.9 Å². The quantitative estimate of drug-likeness (QED) is 0.637. The molecule has 2 heterocycles. The van der Waals surface area contributed by atoms with Crippen molar-refractivity contribution in [2.45, 2.75) is 32.1 Å². The zero-order valence-electron chi connectivity index (χ0n) is 15.1. The summed E-state index contributed by atoms with van der Waals surface area (Å²) in [5.41, 5.74) is 0. The normalized spacial score (nSPS) is 14.9. The summed E-state index contributed by atoms with van der Waals surface area (Å²) in [4.78, 5) is 29.9. The zero-order valence-corrected chi connectivity index (χ0v) is 15.9. The van der Waals surface area contributed by atoms with Crippen LogP contribution in [0.3, 0.4) is 0 Å². The number of hydrogen-bond acceptors (Lipinski definition) is 5. The van der Waals surface area contributed by atoms with Gasteiger partial charge in [-0.25, -0.2) is 4.98 Å². The topological polar surface area (TPSA) is 72.6 Å². The van der Waals surface area contributed by atoms with Crippen LogP contribution in [0.4, 0.5) is 0 Å². The molecule has 2 aromatic rings. The molecular formula is C20H23ClN2O4. The summed E-state index contributed by atoms with van der Waals surface area (Å²) in [5, 5.41) is 0.637. The first-order valence-corrected chi connectivity index (χ1v) is 9.58. The molecule has 1 amide bonds. The van der Waals surface area contributed by atoms with E-state index in [2.05, 4.69) is 4.98 Å². The molecule has 1 fully saturated rings. The van der Waals surface area contributed by atoms with Crippen molar-refractivity contribution in [1.29, 1.82) is 0 Å². The summed E-state index contributed by atoms with van der Waals surface area (Å²) in [7, 11) is 0. The average molecular weight is 391 g/mol. The highest BCUT2D eigenvalue weighted by Crippen LogP contribution is 2.23. The number of amides is 1. The molecule has 0 spiro atoms. The molecule has 0 saturated carbocycles. The second-order valence-electron chi connectivity index (χ2n) is 6.72. The van der Waals surface area contributed by atoms with Gasteiger partial charge in [0.15, 0.2) is 6.61 Å². The van der Waals surface area contributed by atoms with Crippen molar-refractivity contribution in [3.05, 3.63) is 47.6 Å². The Hall–Kier alpha value is -2.34. The SMILES string of the molecule is O=C(CCCC1CCN(C(=O)COc2ccc(Cl)cc2)CC1)c1ncco1. The summed E-state index contributed by atoms with van der Waals surface area (Å²) in [5.74, 6) is 1.33. The lowest BCUT2D eigenvalue weighted by Gasteiger charge is -2.32. The van der Waals surface area contributed by atoms with Crippen LogP contribution >= 0.6 is 11.6 Å². The van der Waals surface area contributed by atoms with Gasteiger partial charge in [-0.15, -0.1) is 0 Å². The molecule has 1 aliphatic rings. The highest BCUT2D eigenvalue weighted by Gasteiger charge is 2.23. The van der Waals surface area contributed by atoms with E-state index in [1.807, 2.05) is 4.90 Å². The van der Waals surface area contributed by atoms with Gasteiger partial charge in [0, 0.05) is 24.5 Å². The highest BCUT2D eigenvalue weighted by molar-refractivity contribution is 6.30. The fourth-order valence-corrected chi connectivity index (χ4v) is 3.38. The van der Waals surface area contributed by atoms with Gasteiger partial charge >= 0.3 is 0 Å². The number of aromatic nitrogens is 1. The molecule has 1 aromatic heterocycles. The molecule has 7 heteroatoms. The third kappa shape index (κ3) is 5.82. The Kier molecular flexibility index (Phi) is 6.87. The van der Waals surface area contributed by atoms with Crippen LogP contribution in [0.25, 0.3) is 0 Å². The lowest BCUT2D eigenvalue weighted by molar-refractivity contribution is -0.134. The molecule has 1 saturated heterocycles. The van der Waals surface area contributed by atoms with E-state index in [9.17, 15) is 9.59 Å². The number of ether oxygens (including phenoxy) is 1. The first-order valence-electron chi connectivity index (χ1n) is 9.20. The van der Waals surface area contributed by atoms with Crippen molar-refractivity contribution in [3.8, 4) is 5.75 Å². The minimum absolute atomic E-state index is 0.00229. The van der Waals surface area contributed by atoms with Crippen molar-refractivity contribution in [2.75, 3.05) is 19.7 Å². The number of carbonyl (C=O) groups is 2. The van der Waals surface area contributed by atoms with Crippen molar-refractivity contribution in [3.63, 3.8) is 0 Å². The Bertz CT molecular complexity index is 738. The third-order valence-electron chi connectivity index (χ3n) is 4.83. The molecule has 0 radical (unpaired) electrons. The summed E-state index contributed by atoms with van der Waals surface area (Å²) in [6, 6.07) is 6.97. The van der Waals surface area contributed by atoms with E-state index in [0.29, 0.717) is 23.1 Å². The molecule has 1 aromatic carbocycles. The van der Waals surface area contributed by atoms with E-state index >= 15 is 0 Å². The van der Waals surface area contributed by atoms with Gasteiger partial charge in [-0.1, -0.05) is 11.6 Å². The molecule has 0 atom stereocenters. The van der Waals surface area contributed by atoms with Gasteiger partial charge in [0.1, 0.15) is 12.0 Å². The van der Waals surface area contributed by atoms with Crippen LogP contribution in [-0.2, 0) is 4.79 Å². The predicted octanol–water partition coefficient (Wildman–Crippen LogP) is 4.00. The summed E-state index contributed by atoms with van der Waals surface area (Å²) >= 11 is 5.83. The molecule has 6 nitrogen and oxygen atoms in total. The Morgan fingerprint density at radius 1 is 1.22 bits per heavy atom.